The average Bonchev–Trinajstić information content (AvgIpc) is 2.78. The standard InChI is InChI=1S/C15H18N2OS/c1-11-9-10-12(19-11)5-4-8-15(18)17-14-7-3-2-6-13(14)16/h2-3,6-7,9-10H,4-5,8,16H2,1H3,(H,17,18). The van der Waals surface area contributed by atoms with Crippen molar-refractivity contribution in [2.45, 2.75) is 26.2 Å². The molecule has 0 aliphatic heterocycles. The number of hydrogen-bond acceptors (Lipinski definition) is 3. The molecule has 1 amide bonds. The van der Waals surface area contributed by atoms with E-state index < -0.39 is 0 Å². The van der Waals surface area contributed by atoms with Gasteiger partial charge in [0.05, 0.1) is 11.4 Å². The van der Waals surface area contributed by atoms with Crippen molar-refractivity contribution in [3.05, 3.63) is 46.2 Å². The van der Waals surface area contributed by atoms with Crippen molar-refractivity contribution in [3.63, 3.8) is 0 Å². The third-order valence-corrected chi connectivity index (χ3v) is 3.92. The zero-order valence-corrected chi connectivity index (χ0v) is 11.8. The van der Waals surface area contributed by atoms with Gasteiger partial charge in [0.2, 0.25) is 5.91 Å². The van der Waals surface area contributed by atoms with Gasteiger partial charge in [0.25, 0.3) is 0 Å². The van der Waals surface area contributed by atoms with Crippen molar-refractivity contribution in [2.75, 3.05) is 11.1 Å². The zero-order valence-electron chi connectivity index (χ0n) is 11.0. The molecule has 2 aromatic rings. The molecule has 100 valence electrons. The quantitative estimate of drug-likeness (QED) is 0.818. The molecule has 0 unspecified atom stereocenters. The Bertz CT molecular complexity index is 563. The van der Waals surface area contributed by atoms with Crippen molar-refractivity contribution in [2.24, 2.45) is 0 Å². The molecule has 0 atom stereocenters. The third-order valence-electron chi connectivity index (χ3n) is 2.86. The SMILES string of the molecule is Cc1ccc(CCCC(=O)Nc2ccccc2N)s1. The molecular formula is C15H18N2OS. The van der Waals surface area contributed by atoms with E-state index in [4.69, 9.17) is 5.73 Å². The monoisotopic (exact) mass is 274 g/mol. The Balaban J connectivity index is 1.77. The molecule has 0 aliphatic rings. The lowest BCUT2D eigenvalue weighted by Crippen LogP contribution is -2.12. The van der Waals surface area contributed by atoms with Crippen LogP contribution in [0.15, 0.2) is 36.4 Å². The molecule has 0 saturated carbocycles. The third kappa shape index (κ3) is 4.10. The summed E-state index contributed by atoms with van der Waals surface area (Å²) in [6.45, 7) is 2.10. The Labute approximate surface area is 117 Å². The number of nitrogens with two attached hydrogens (primary N) is 1. The number of benzene rings is 1. The Hall–Kier alpha value is -1.81. The molecule has 0 spiro atoms. The Morgan fingerprint density at radius 1 is 1.26 bits per heavy atom. The minimum atomic E-state index is 0.0196. The number of nitrogen functional groups attached to an aromatic ring is 1. The highest BCUT2D eigenvalue weighted by Crippen LogP contribution is 2.19. The normalized spacial score (nSPS) is 10.4. The van der Waals surface area contributed by atoms with Gasteiger partial charge in [-0.25, -0.2) is 0 Å². The van der Waals surface area contributed by atoms with E-state index >= 15 is 0 Å². The van der Waals surface area contributed by atoms with Crippen molar-refractivity contribution >= 4 is 28.6 Å². The fourth-order valence-corrected chi connectivity index (χ4v) is 2.80. The summed E-state index contributed by atoms with van der Waals surface area (Å²) in [4.78, 5) is 14.5. The largest absolute Gasteiger partial charge is 0.397 e. The minimum absolute atomic E-state index is 0.0196. The summed E-state index contributed by atoms with van der Waals surface area (Å²) in [6, 6.07) is 11.6. The van der Waals surface area contributed by atoms with Crippen LogP contribution in [0, 0.1) is 6.92 Å². The predicted molar refractivity (Wildman–Crippen MR) is 81.5 cm³/mol. The highest BCUT2D eigenvalue weighted by Gasteiger charge is 2.05. The van der Waals surface area contributed by atoms with Gasteiger partial charge in [0, 0.05) is 16.2 Å². The van der Waals surface area contributed by atoms with Crippen molar-refractivity contribution in [1.29, 1.82) is 0 Å². The summed E-state index contributed by atoms with van der Waals surface area (Å²) in [5, 5.41) is 2.84. The molecule has 0 radical (unpaired) electrons. The summed E-state index contributed by atoms with van der Waals surface area (Å²) in [7, 11) is 0. The molecule has 0 bridgehead atoms. The summed E-state index contributed by atoms with van der Waals surface area (Å²) in [5.41, 5.74) is 7.07. The fraction of sp³-hybridized carbons (Fsp3) is 0.267. The van der Waals surface area contributed by atoms with E-state index in [1.807, 2.05) is 18.2 Å². The van der Waals surface area contributed by atoms with Crippen LogP contribution in [0.4, 0.5) is 11.4 Å². The maximum atomic E-state index is 11.8. The van der Waals surface area contributed by atoms with E-state index in [2.05, 4.69) is 24.4 Å². The first kappa shape index (κ1) is 13.6. The number of carbonyl (C=O) groups excluding carboxylic acids is 1. The van der Waals surface area contributed by atoms with Gasteiger partial charge in [-0.1, -0.05) is 12.1 Å². The number of amides is 1. The molecule has 1 heterocycles. The van der Waals surface area contributed by atoms with E-state index in [1.165, 1.54) is 9.75 Å². The van der Waals surface area contributed by atoms with Gasteiger partial charge in [-0.2, -0.15) is 0 Å². The fourth-order valence-electron chi connectivity index (χ4n) is 1.87. The molecule has 4 heteroatoms. The van der Waals surface area contributed by atoms with Gasteiger partial charge < -0.3 is 11.1 Å². The first-order valence-electron chi connectivity index (χ1n) is 6.35. The van der Waals surface area contributed by atoms with Crippen LogP contribution in [0.25, 0.3) is 0 Å². The molecule has 3 N–H and O–H groups in total. The van der Waals surface area contributed by atoms with Crippen LogP contribution < -0.4 is 11.1 Å². The van der Waals surface area contributed by atoms with Gasteiger partial charge in [-0.15, -0.1) is 11.3 Å². The predicted octanol–water partition coefficient (Wildman–Crippen LogP) is 3.60. The second kappa shape index (κ2) is 6.38. The summed E-state index contributed by atoms with van der Waals surface area (Å²) < 4.78 is 0. The van der Waals surface area contributed by atoms with Gasteiger partial charge in [-0.05, 0) is 44.0 Å². The molecule has 0 aliphatic carbocycles. The van der Waals surface area contributed by atoms with Crippen LogP contribution in [0.5, 0.6) is 0 Å². The minimum Gasteiger partial charge on any atom is -0.397 e. The molecule has 3 nitrogen and oxygen atoms in total. The lowest BCUT2D eigenvalue weighted by Gasteiger charge is -2.07. The van der Waals surface area contributed by atoms with E-state index in [1.54, 1.807) is 17.4 Å². The number of aryl methyl sites for hydroxylation is 2. The summed E-state index contributed by atoms with van der Waals surface area (Å²) in [6.07, 6.45) is 2.33. The number of para-hydroxylation sites is 2. The van der Waals surface area contributed by atoms with Gasteiger partial charge in [0.15, 0.2) is 0 Å². The molecule has 2 rings (SSSR count). The first-order valence-corrected chi connectivity index (χ1v) is 7.16. The summed E-state index contributed by atoms with van der Waals surface area (Å²) in [5.74, 6) is 0.0196. The van der Waals surface area contributed by atoms with Crippen LogP contribution in [-0.2, 0) is 11.2 Å². The number of anilines is 2. The molecule has 1 aromatic carbocycles. The van der Waals surface area contributed by atoms with Crippen LogP contribution in [0.2, 0.25) is 0 Å². The Morgan fingerprint density at radius 2 is 2.05 bits per heavy atom. The maximum Gasteiger partial charge on any atom is 0.224 e. The number of nitrogens with one attached hydrogen (secondary N) is 1. The second-order valence-corrected chi connectivity index (χ2v) is 5.87. The Morgan fingerprint density at radius 3 is 2.74 bits per heavy atom. The highest BCUT2D eigenvalue weighted by molar-refractivity contribution is 7.11. The topological polar surface area (TPSA) is 55.1 Å². The van der Waals surface area contributed by atoms with Crippen LogP contribution in [-0.4, -0.2) is 5.91 Å². The zero-order chi connectivity index (χ0) is 13.7. The molecule has 0 saturated heterocycles. The van der Waals surface area contributed by atoms with Crippen LogP contribution in [0.3, 0.4) is 0 Å². The van der Waals surface area contributed by atoms with Crippen molar-refractivity contribution < 1.29 is 4.79 Å². The number of thiophene rings is 1. The van der Waals surface area contributed by atoms with E-state index in [0.29, 0.717) is 17.8 Å². The lowest BCUT2D eigenvalue weighted by atomic mass is 10.2. The van der Waals surface area contributed by atoms with E-state index in [-0.39, 0.29) is 5.91 Å². The van der Waals surface area contributed by atoms with Gasteiger partial charge in [0.1, 0.15) is 0 Å². The van der Waals surface area contributed by atoms with E-state index in [0.717, 1.165) is 12.8 Å². The van der Waals surface area contributed by atoms with Gasteiger partial charge >= 0.3 is 0 Å². The number of hydrogen-bond donors (Lipinski definition) is 2. The molecule has 19 heavy (non-hydrogen) atoms. The average molecular weight is 274 g/mol. The van der Waals surface area contributed by atoms with Crippen LogP contribution in [0.1, 0.15) is 22.6 Å². The maximum absolute atomic E-state index is 11.8. The van der Waals surface area contributed by atoms with Crippen molar-refractivity contribution in [3.8, 4) is 0 Å². The number of carbonyl (C=O) groups is 1. The highest BCUT2D eigenvalue weighted by atomic mass is 32.1. The van der Waals surface area contributed by atoms with E-state index in [9.17, 15) is 4.79 Å². The lowest BCUT2D eigenvalue weighted by molar-refractivity contribution is -0.116. The Kier molecular flexibility index (Phi) is 4.58. The van der Waals surface area contributed by atoms with Gasteiger partial charge in [-0.3, -0.25) is 4.79 Å². The smallest absolute Gasteiger partial charge is 0.224 e. The first-order chi connectivity index (χ1) is 9.15. The van der Waals surface area contributed by atoms with Crippen molar-refractivity contribution in [1.82, 2.24) is 0 Å². The molecule has 1 aromatic heterocycles. The summed E-state index contributed by atoms with van der Waals surface area (Å²) >= 11 is 1.79. The number of rotatable bonds is 5. The molecular weight excluding hydrogens is 256 g/mol. The second-order valence-electron chi connectivity index (χ2n) is 4.50. The molecule has 0 fully saturated rings. The van der Waals surface area contributed by atoms with Crippen LogP contribution >= 0.6 is 11.3 Å².